The number of carboxylic acid groups (broad SMARTS) is 1. The lowest BCUT2D eigenvalue weighted by atomic mass is 10.1. The van der Waals surface area contributed by atoms with Crippen LogP contribution in [0.25, 0.3) is 16.6 Å². The van der Waals surface area contributed by atoms with Crippen molar-refractivity contribution in [1.29, 1.82) is 0 Å². The van der Waals surface area contributed by atoms with Crippen molar-refractivity contribution in [2.45, 2.75) is 19.0 Å². The fourth-order valence-electron chi connectivity index (χ4n) is 5.30. The summed E-state index contributed by atoms with van der Waals surface area (Å²) in [6.07, 6.45) is 1.03. The van der Waals surface area contributed by atoms with Crippen molar-refractivity contribution in [3.05, 3.63) is 93.0 Å². The molecule has 0 radical (unpaired) electrons. The molecular formula is C31H29Cl2F3N4O4. The van der Waals surface area contributed by atoms with Crippen LogP contribution in [0.1, 0.15) is 22.8 Å². The van der Waals surface area contributed by atoms with Gasteiger partial charge in [-0.15, -0.1) is 8.78 Å². The van der Waals surface area contributed by atoms with Crippen LogP contribution in [0.5, 0.6) is 5.75 Å². The van der Waals surface area contributed by atoms with Crippen LogP contribution in [0.4, 0.5) is 24.5 Å². The summed E-state index contributed by atoms with van der Waals surface area (Å²) < 4.78 is 50.8. The van der Waals surface area contributed by atoms with Crippen molar-refractivity contribution in [1.82, 2.24) is 9.47 Å². The maximum absolute atomic E-state index is 15.9. The molecule has 8 nitrogen and oxygen atoms in total. The fourth-order valence-corrected chi connectivity index (χ4v) is 5.51. The van der Waals surface area contributed by atoms with Gasteiger partial charge in [0.15, 0.2) is 11.6 Å². The molecule has 2 heterocycles. The number of pyridine rings is 1. The third kappa shape index (κ3) is 6.59. The van der Waals surface area contributed by atoms with E-state index in [0.717, 1.165) is 30.1 Å². The van der Waals surface area contributed by atoms with Gasteiger partial charge in [-0.3, -0.25) is 4.79 Å². The number of rotatable bonds is 9. The first-order chi connectivity index (χ1) is 20.9. The van der Waals surface area contributed by atoms with Crippen molar-refractivity contribution >= 4 is 51.4 Å². The van der Waals surface area contributed by atoms with E-state index >= 15 is 4.39 Å². The second-order valence-electron chi connectivity index (χ2n) is 10.5. The van der Waals surface area contributed by atoms with Crippen molar-refractivity contribution in [3.63, 3.8) is 0 Å². The largest absolute Gasteiger partial charge is 0.487 e. The van der Waals surface area contributed by atoms with Gasteiger partial charge in [-0.2, -0.15) is 0 Å². The number of carbonyl (C=O) groups is 1. The van der Waals surface area contributed by atoms with Gasteiger partial charge in [0, 0.05) is 66.9 Å². The summed E-state index contributed by atoms with van der Waals surface area (Å²) in [5.41, 5.74) is -4.38. The summed E-state index contributed by atoms with van der Waals surface area (Å²) in [5.74, 6) is -3.26. The van der Waals surface area contributed by atoms with Gasteiger partial charge < -0.3 is 29.1 Å². The predicted octanol–water partition coefficient (Wildman–Crippen LogP) is 6.43. The molecule has 1 fully saturated rings. The molecule has 1 aromatic heterocycles. The minimum absolute atomic E-state index is 0.215. The summed E-state index contributed by atoms with van der Waals surface area (Å²) in [7, 11) is 1.95. The van der Waals surface area contributed by atoms with E-state index in [9.17, 15) is 23.5 Å². The lowest BCUT2D eigenvalue weighted by molar-refractivity contribution is -0.0955. The summed E-state index contributed by atoms with van der Waals surface area (Å²) in [4.78, 5) is 31.0. The van der Waals surface area contributed by atoms with E-state index in [0.29, 0.717) is 30.3 Å². The van der Waals surface area contributed by atoms with Gasteiger partial charge in [0.25, 0.3) is 0 Å². The number of hydrogen-bond acceptors (Lipinski definition) is 6. The Bertz CT molecular complexity index is 1740. The molecule has 0 saturated carbocycles. The molecule has 232 valence electrons. The topological polar surface area (TPSA) is 78.2 Å². The summed E-state index contributed by atoms with van der Waals surface area (Å²) in [6, 6.07) is 15.0. The summed E-state index contributed by atoms with van der Waals surface area (Å²) >= 11 is 11.3. The molecule has 0 bridgehead atoms. The Morgan fingerprint density at radius 2 is 1.61 bits per heavy atom. The first-order valence-corrected chi connectivity index (χ1v) is 14.6. The summed E-state index contributed by atoms with van der Waals surface area (Å²) in [5, 5.41) is 9.91. The van der Waals surface area contributed by atoms with Crippen LogP contribution in [0.3, 0.4) is 0 Å². The highest BCUT2D eigenvalue weighted by Crippen LogP contribution is 2.43. The minimum atomic E-state index is -4.28. The second-order valence-corrected chi connectivity index (χ2v) is 11.4. The van der Waals surface area contributed by atoms with Gasteiger partial charge in [0.05, 0.1) is 5.39 Å². The molecule has 0 aliphatic carbocycles. The number of anilines is 2. The zero-order valence-corrected chi connectivity index (χ0v) is 25.4. The number of halogens is 5. The predicted molar refractivity (Wildman–Crippen MR) is 166 cm³/mol. The highest BCUT2D eigenvalue weighted by Gasteiger charge is 2.35. The maximum atomic E-state index is 15.9. The van der Waals surface area contributed by atoms with E-state index in [1.165, 1.54) is 4.57 Å². The van der Waals surface area contributed by atoms with Gasteiger partial charge in [-0.05, 0) is 61.6 Å². The average Bonchev–Trinajstić information content (AvgIpc) is 2.98. The van der Waals surface area contributed by atoms with Gasteiger partial charge in [0.1, 0.15) is 16.8 Å². The highest BCUT2D eigenvalue weighted by molar-refractivity contribution is 6.30. The minimum Gasteiger partial charge on any atom is -0.477 e. The number of fused-ring (bicyclic) bond motifs is 1. The first kappa shape index (κ1) is 31.5. The maximum Gasteiger partial charge on any atom is 0.487 e. The molecule has 4 aromatic rings. The molecule has 1 aliphatic heterocycles. The van der Waals surface area contributed by atoms with Crippen LogP contribution in [-0.4, -0.2) is 65.9 Å². The molecule has 0 unspecified atom stereocenters. The van der Waals surface area contributed by atoms with Crippen LogP contribution in [0.2, 0.25) is 5.02 Å². The molecule has 0 amide bonds. The molecule has 13 heteroatoms. The third-order valence-electron chi connectivity index (χ3n) is 7.61. The summed E-state index contributed by atoms with van der Waals surface area (Å²) in [6.45, 7) is 4.70. The van der Waals surface area contributed by atoms with Gasteiger partial charge in [0.2, 0.25) is 5.43 Å². The Kier molecular flexibility index (Phi) is 9.01. The first-order valence-electron chi connectivity index (χ1n) is 13.8. The van der Waals surface area contributed by atoms with Crippen LogP contribution in [-0.2, 0) is 6.54 Å². The molecule has 3 aromatic carbocycles. The van der Waals surface area contributed by atoms with Gasteiger partial charge >= 0.3 is 11.5 Å². The van der Waals surface area contributed by atoms with E-state index in [4.69, 9.17) is 27.9 Å². The molecule has 1 N–H and O–H groups in total. The normalized spacial score (nSPS) is 14.0. The van der Waals surface area contributed by atoms with Crippen molar-refractivity contribution in [3.8, 4) is 11.4 Å². The van der Waals surface area contributed by atoms with E-state index < -0.39 is 39.5 Å². The Hall–Kier alpha value is -3.93. The molecule has 44 heavy (non-hydrogen) atoms. The number of benzene rings is 3. The molecule has 1 saturated heterocycles. The smallest absolute Gasteiger partial charge is 0.477 e. The number of piperazine rings is 1. The lowest BCUT2D eigenvalue weighted by Gasteiger charge is -2.38. The quantitative estimate of drug-likeness (QED) is 0.210. The number of aromatic nitrogens is 1. The van der Waals surface area contributed by atoms with Crippen molar-refractivity contribution < 1.29 is 27.8 Å². The standard InChI is InChI=1S/C31H29Cl2F3N4O4/c1-3-37(2)17-19-4-8-22(9-5-19)40-18-24(30(42)43)28(41)23-16-25(34)27(29(26(23)40)44-31(33,35)36)39-14-12-38(13-15-39)21-10-6-20(32)7-11-21/h4-11,16,18H,3,12-15,17H2,1-2H3,(H,42,43). The molecule has 1 aliphatic rings. The van der Waals surface area contributed by atoms with E-state index in [1.807, 2.05) is 31.0 Å². The van der Waals surface area contributed by atoms with Gasteiger partial charge in [-0.1, -0.05) is 30.7 Å². The third-order valence-corrected chi connectivity index (χ3v) is 7.94. The number of alkyl halides is 3. The Morgan fingerprint density at radius 1 is 1.02 bits per heavy atom. The molecular weight excluding hydrogens is 620 g/mol. The number of ether oxygens (including phenoxy) is 1. The number of hydrogen-bond donors (Lipinski definition) is 1. The number of nitrogens with zero attached hydrogens (tertiary/aromatic N) is 4. The van der Waals surface area contributed by atoms with Crippen LogP contribution < -0.4 is 20.0 Å². The van der Waals surface area contributed by atoms with E-state index in [1.54, 1.807) is 41.3 Å². The molecule has 0 atom stereocenters. The number of aromatic carboxylic acids is 1. The average molecular weight is 649 g/mol. The second kappa shape index (κ2) is 12.6. The molecule has 5 rings (SSSR count). The SMILES string of the molecule is CCN(C)Cc1ccc(-n2cc(C(=O)O)c(=O)c3cc(F)c(N4CCN(c5ccc(Cl)cc5)CC4)c(OC(F)(F)Cl)c32)cc1. The zero-order valence-electron chi connectivity index (χ0n) is 23.9. The fraction of sp³-hybridized carbons (Fsp3) is 0.290. The lowest BCUT2D eigenvalue weighted by Crippen LogP contribution is -2.47. The van der Waals surface area contributed by atoms with Gasteiger partial charge in [-0.25, -0.2) is 9.18 Å². The highest BCUT2D eigenvalue weighted by atomic mass is 35.5. The zero-order chi connectivity index (χ0) is 31.8. The van der Waals surface area contributed by atoms with Crippen LogP contribution in [0.15, 0.2) is 65.6 Å². The Morgan fingerprint density at radius 3 is 2.18 bits per heavy atom. The van der Waals surface area contributed by atoms with Crippen molar-refractivity contribution in [2.24, 2.45) is 0 Å². The van der Waals surface area contributed by atoms with Crippen LogP contribution in [0, 0.1) is 5.82 Å². The Labute approximate surface area is 261 Å². The van der Waals surface area contributed by atoms with Crippen LogP contribution >= 0.6 is 23.2 Å². The van der Waals surface area contributed by atoms with E-state index in [-0.39, 0.29) is 24.3 Å². The molecule has 0 spiro atoms. The van der Waals surface area contributed by atoms with Crippen molar-refractivity contribution in [2.75, 3.05) is 49.6 Å². The van der Waals surface area contributed by atoms with E-state index in [2.05, 4.69) is 4.90 Å². The monoisotopic (exact) mass is 648 g/mol. The number of carboxylic acids is 1. The Balaban J connectivity index is 1.67.